The average Bonchev–Trinajstić information content (AvgIpc) is 3.40. The fourth-order valence-corrected chi connectivity index (χ4v) is 4.57. The van der Waals surface area contributed by atoms with E-state index in [0.717, 1.165) is 31.5 Å². The van der Waals surface area contributed by atoms with Gasteiger partial charge >= 0.3 is 0 Å². The standard InChI is InChI=1S/C21H34N6S/c1-17-7-11-26(12-8-17)19(20-6-4-13-28-20)15-24-21(22-3)23-14-18(2)16-27-10-5-9-25-27/h4-6,9-10,13,17-19H,7-8,11-12,14-16H2,1-3H3,(H2,22,23,24). The van der Waals surface area contributed by atoms with Crippen LogP contribution in [0.2, 0.25) is 0 Å². The van der Waals surface area contributed by atoms with Crippen molar-refractivity contribution < 1.29 is 0 Å². The molecule has 2 aromatic heterocycles. The molecular weight excluding hydrogens is 368 g/mol. The number of piperidine rings is 1. The molecule has 3 heterocycles. The molecule has 0 radical (unpaired) electrons. The molecular formula is C21H34N6S. The molecule has 2 aromatic rings. The number of aromatic nitrogens is 2. The molecule has 2 N–H and O–H groups in total. The molecule has 1 saturated heterocycles. The summed E-state index contributed by atoms with van der Waals surface area (Å²) in [5, 5.41) is 13.5. The second kappa shape index (κ2) is 10.6. The lowest BCUT2D eigenvalue weighted by atomic mass is 9.97. The normalized spacial score (nSPS) is 18.8. The van der Waals surface area contributed by atoms with Gasteiger partial charge in [0.05, 0.1) is 6.04 Å². The maximum atomic E-state index is 4.42. The van der Waals surface area contributed by atoms with E-state index >= 15 is 0 Å². The number of hydrogen-bond donors (Lipinski definition) is 2. The topological polar surface area (TPSA) is 57.5 Å². The number of nitrogens with one attached hydrogen (secondary N) is 2. The van der Waals surface area contributed by atoms with E-state index in [1.807, 2.05) is 41.5 Å². The van der Waals surface area contributed by atoms with Gasteiger partial charge in [0.1, 0.15) is 0 Å². The summed E-state index contributed by atoms with van der Waals surface area (Å²) >= 11 is 1.85. The van der Waals surface area contributed by atoms with Crippen molar-refractivity contribution in [2.24, 2.45) is 16.8 Å². The minimum absolute atomic E-state index is 0.410. The van der Waals surface area contributed by atoms with E-state index in [1.54, 1.807) is 0 Å². The second-order valence-corrected chi connectivity index (χ2v) is 8.90. The van der Waals surface area contributed by atoms with Gasteiger partial charge in [0, 0.05) is 44.0 Å². The molecule has 7 heteroatoms. The number of thiophene rings is 1. The Morgan fingerprint density at radius 1 is 1.29 bits per heavy atom. The van der Waals surface area contributed by atoms with E-state index < -0.39 is 0 Å². The number of rotatable bonds is 8. The van der Waals surface area contributed by atoms with E-state index in [2.05, 4.69) is 57.0 Å². The molecule has 0 aromatic carbocycles. The van der Waals surface area contributed by atoms with Crippen LogP contribution in [0.1, 0.15) is 37.6 Å². The summed E-state index contributed by atoms with van der Waals surface area (Å²) in [6.07, 6.45) is 6.42. The molecule has 1 aliphatic rings. The Bertz CT molecular complexity index is 689. The highest BCUT2D eigenvalue weighted by molar-refractivity contribution is 7.10. The van der Waals surface area contributed by atoms with E-state index in [-0.39, 0.29) is 0 Å². The lowest BCUT2D eigenvalue weighted by Crippen LogP contribution is -2.45. The molecule has 2 unspecified atom stereocenters. The van der Waals surface area contributed by atoms with Gasteiger partial charge < -0.3 is 10.6 Å². The van der Waals surface area contributed by atoms with Crippen molar-refractivity contribution in [3.8, 4) is 0 Å². The van der Waals surface area contributed by atoms with Crippen LogP contribution in [-0.2, 0) is 6.54 Å². The van der Waals surface area contributed by atoms with Gasteiger partial charge in [-0.05, 0) is 55.3 Å². The van der Waals surface area contributed by atoms with Gasteiger partial charge in [-0.25, -0.2) is 0 Å². The molecule has 1 fully saturated rings. The Morgan fingerprint density at radius 2 is 2.07 bits per heavy atom. The van der Waals surface area contributed by atoms with E-state index in [0.29, 0.717) is 12.0 Å². The van der Waals surface area contributed by atoms with Crippen molar-refractivity contribution in [2.45, 2.75) is 39.3 Å². The zero-order valence-electron chi connectivity index (χ0n) is 17.3. The van der Waals surface area contributed by atoms with Crippen LogP contribution in [0.15, 0.2) is 41.0 Å². The summed E-state index contributed by atoms with van der Waals surface area (Å²) in [4.78, 5) is 8.49. The van der Waals surface area contributed by atoms with E-state index in [4.69, 9.17) is 0 Å². The molecule has 0 aliphatic carbocycles. The quantitative estimate of drug-likeness (QED) is 0.526. The molecule has 0 saturated carbocycles. The smallest absolute Gasteiger partial charge is 0.191 e. The van der Waals surface area contributed by atoms with Crippen LogP contribution in [0.5, 0.6) is 0 Å². The third kappa shape index (κ3) is 6.07. The predicted octanol–water partition coefficient (Wildman–Crippen LogP) is 3.22. The molecule has 6 nitrogen and oxygen atoms in total. The zero-order chi connectivity index (χ0) is 19.8. The lowest BCUT2D eigenvalue weighted by molar-refractivity contribution is 0.140. The maximum Gasteiger partial charge on any atom is 0.191 e. The summed E-state index contributed by atoms with van der Waals surface area (Å²) in [7, 11) is 1.84. The average molecular weight is 403 g/mol. The van der Waals surface area contributed by atoms with Crippen molar-refractivity contribution >= 4 is 17.3 Å². The van der Waals surface area contributed by atoms with Crippen LogP contribution >= 0.6 is 11.3 Å². The Labute approximate surface area is 173 Å². The van der Waals surface area contributed by atoms with Crippen molar-refractivity contribution in [1.29, 1.82) is 0 Å². The first-order valence-corrected chi connectivity index (χ1v) is 11.2. The number of nitrogens with zero attached hydrogens (tertiary/aromatic N) is 4. The summed E-state index contributed by atoms with van der Waals surface area (Å²) in [6, 6.07) is 6.79. The fourth-order valence-electron chi connectivity index (χ4n) is 3.71. The molecule has 0 amide bonds. The van der Waals surface area contributed by atoms with Crippen LogP contribution in [0.3, 0.4) is 0 Å². The Kier molecular flexibility index (Phi) is 7.91. The molecule has 28 heavy (non-hydrogen) atoms. The monoisotopic (exact) mass is 402 g/mol. The number of aliphatic imine (C=N–C) groups is 1. The second-order valence-electron chi connectivity index (χ2n) is 7.92. The first-order valence-electron chi connectivity index (χ1n) is 10.3. The van der Waals surface area contributed by atoms with Gasteiger partial charge in [0.15, 0.2) is 5.96 Å². The van der Waals surface area contributed by atoms with Gasteiger partial charge in [-0.3, -0.25) is 14.6 Å². The van der Waals surface area contributed by atoms with Crippen molar-refractivity contribution in [2.75, 3.05) is 33.2 Å². The lowest BCUT2D eigenvalue weighted by Gasteiger charge is -2.36. The number of likely N-dealkylation sites (tertiary alicyclic amines) is 1. The highest BCUT2D eigenvalue weighted by Gasteiger charge is 2.25. The first-order chi connectivity index (χ1) is 13.7. The van der Waals surface area contributed by atoms with Gasteiger partial charge in [0.25, 0.3) is 0 Å². The summed E-state index contributed by atoms with van der Waals surface area (Å²) < 4.78 is 1.98. The fraction of sp³-hybridized carbons (Fsp3) is 0.619. The number of hydrogen-bond acceptors (Lipinski definition) is 4. The van der Waals surface area contributed by atoms with Gasteiger partial charge in [0.2, 0.25) is 0 Å². The molecule has 2 atom stereocenters. The Morgan fingerprint density at radius 3 is 2.71 bits per heavy atom. The summed E-state index contributed by atoms with van der Waals surface area (Å²) in [5.41, 5.74) is 0. The van der Waals surface area contributed by atoms with E-state index in [9.17, 15) is 0 Å². The molecule has 154 valence electrons. The summed E-state index contributed by atoms with van der Waals surface area (Å²) in [6.45, 7) is 9.60. The van der Waals surface area contributed by atoms with Crippen molar-refractivity contribution in [1.82, 2.24) is 25.3 Å². The Balaban J connectivity index is 1.51. The van der Waals surface area contributed by atoms with Gasteiger partial charge in [-0.2, -0.15) is 5.10 Å². The van der Waals surface area contributed by atoms with Crippen LogP contribution in [0.4, 0.5) is 0 Å². The summed E-state index contributed by atoms with van der Waals surface area (Å²) in [5.74, 6) is 2.19. The first kappa shape index (κ1) is 20.9. The van der Waals surface area contributed by atoms with Gasteiger partial charge in [-0.1, -0.05) is 19.9 Å². The minimum atomic E-state index is 0.410. The molecule has 3 rings (SSSR count). The minimum Gasteiger partial charge on any atom is -0.356 e. The van der Waals surface area contributed by atoms with Gasteiger partial charge in [-0.15, -0.1) is 11.3 Å². The SMILES string of the molecule is CN=C(NCC(C)Cn1cccn1)NCC(c1cccs1)N1CCC(C)CC1. The third-order valence-electron chi connectivity index (χ3n) is 5.49. The predicted molar refractivity (Wildman–Crippen MR) is 118 cm³/mol. The van der Waals surface area contributed by atoms with E-state index in [1.165, 1.54) is 30.8 Å². The molecule has 1 aliphatic heterocycles. The van der Waals surface area contributed by atoms with Crippen molar-refractivity contribution in [3.05, 3.63) is 40.8 Å². The zero-order valence-corrected chi connectivity index (χ0v) is 18.2. The highest BCUT2D eigenvalue weighted by atomic mass is 32.1. The van der Waals surface area contributed by atoms with Crippen LogP contribution in [0, 0.1) is 11.8 Å². The molecule has 0 bridgehead atoms. The van der Waals surface area contributed by atoms with Crippen LogP contribution in [-0.4, -0.2) is 53.9 Å². The molecule has 0 spiro atoms. The third-order valence-corrected chi connectivity index (χ3v) is 6.47. The van der Waals surface area contributed by atoms with Crippen molar-refractivity contribution in [3.63, 3.8) is 0 Å². The van der Waals surface area contributed by atoms with Crippen LogP contribution in [0.25, 0.3) is 0 Å². The maximum absolute atomic E-state index is 4.42. The number of guanidine groups is 1. The highest BCUT2D eigenvalue weighted by Crippen LogP contribution is 2.29. The van der Waals surface area contributed by atoms with Crippen LogP contribution < -0.4 is 10.6 Å². The largest absolute Gasteiger partial charge is 0.356 e. The Hall–Kier alpha value is -1.86.